The predicted molar refractivity (Wildman–Crippen MR) is 102 cm³/mol. The number of piperidine rings is 1. The van der Waals surface area contributed by atoms with E-state index in [1.54, 1.807) is 23.6 Å². The molecule has 0 unspecified atom stereocenters. The van der Waals surface area contributed by atoms with Gasteiger partial charge in [-0.3, -0.25) is 0 Å². The van der Waals surface area contributed by atoms with Crippen molar-refractivity contribution in [2.75, 3.05) is 29.0 Å². The molecule has 1 aliphatic heterocycles. The monoisotopic (exact) mass is 355 g/mol. The molecule has 1 aliphatic rings. The molecule has 3 aromatic heterocycles. The van der Waals surface area contributed by atoms with E-state index in [1.165, 1.54) is 12.7 Å². The first-order chi connectivity index (χ1) is 12.1. The van der Waals surface area contributed by atoms with Crippen molar-refractivity contribution in [1.29, 1.82) is 0 Å². The Labute approximate surface area is 150 Å². The number of hydrogen-bond acceptors (Lipinski definition) is 8. The van der Waals surface area contributed by atoms with Gasteiger partial charge in [0.05, 0.1) is 10.2 Å². The third-order valence-electron chi connectivity index (χ3n) is 4.37. The second kappa shape index (κ2) is 6.44. The smallest absolute Gasteiger partial charge is 0.186 e. The highest BCUT2D eigenvalue weighted by Gasteiger charge is 2.24. The molecule has 3 N–H and O–H groups in total. The minimum absolute atomic E-state index is 0.422. The Hall–Kier alpha value is -2.48. The highest BCUT2D eigenvalue weighted by atomic mass is 32.1. The number of fused-ring (bicyclic) bond motifs is 1. The third kappa shape index (κ3) is 3.34. The van der Waals surface area contributed by atoms with Crippen molar-refractivity contribution in [3.8, 4) is 0 Å². The average molecular weight is 355 g/mol. The van der Waals surface area contributed by atoms with E-state index in [0.29, 0.717) is 23.5 Å². The van der Waals surface area contributed by atoms with Crippen LogP contribution >= 0.6 is 11.3 Å². The lowest BCUT2D eigenvalue weighted by Crippen LogP contribution is -2.38. The fourth-order valence-electron chi connectivity index (χ4n) is 3.45. The van der Waals surface area contributed by atoms with E-state index in [-0.39, 0.29) is 0 Å². The number of nitrogen functional groups attached to an aromatic ring is 1. The van der Waals surface area contributed by atoms with Gasteiger partial charge in [-0.1, -0.05) is 25.2 Å². The van der Waals surface area contributed by atoms with E-state index in [4.69, 9.17) is 10.7 Å². The van der Waals surface area contributed by atoms with Gasteiger partial charge in [0, 0.05) is 25.4 Å². The van der Waals surface area contributed by atoms with Gasteiger partial charge in [0.15, 0.2) is 10.9 Å². The SMILES string of the molecule is C[C@H]1C[C@H](C)CN(c2nc3ccnc(Nc4cc(N)ncn4)c3s2)C1. The minimum atomic E-state index is 0.422. The number of anilines is 4. The van der Waals surface area contributed by atoms with Gasteiger partial charge in [-0.25, -0.2) is 19.9 Å². The van der Waals surface area contributed by atoms with Crippen LogP contribution in [0.5, 0.6) is 0 Å². The van der Waals surface area contributed by atoms with E-state index < -0.39 is 0 Å². The van der Waals surface area contributed by atoms with Gasteiger partial charge >= 0.3 is 0 Å². The van der Waals surface area contributed by atoms with Crippen molar-refractivity contribution in [1.82, 2.24) is 19.9 Å². The fraction of sp³-hybridized carbons (Fsp3) is 0.412. The average Bonchev–Trinajstić information content (AvgIpc) is 2.99. The summed E-state index contributed by atoms with van der Waals surface area (Å²) in [5, 5.41) is 4.29. The van der Waals surface area contributed by atoms with E-state index in [0.717, 1.165) is 34.3 Å². The van der Waals surface area contributed by atoms with Crippen molar-refractivity contribution in [2.45, 2.75) is 20.3 Å². The van der Waals surface area contributed by atoms with Crippen molar-refractivity contribution < 1.29 is 0 Å². The quantitative estimate of drug-likeness (QED) is 0.744. The topological polar surface area (TPSA) is 92.9 Å². The number of nitrogens with one attached hydrogen (secondary N) is 1. The van der Waals surface area contributed by atoms with E-state index in [1.807, 2.05) is 6.07 Å². The zero-order chi connectivity index (χ0) is 17.4. The van der Waals surface area contributed by atoms with Crippen LogP contribution in [0.3, 0.4) is 0 Å². The van der Waals surface area contributed by atoms with Crippen LogP contribution in [-0.4, -0.2) is 33.0 Å². The van der Waals surface area contributed by atoms with Gasteiger partial charge in [-0.2, -0.15) is 0 Å². The van der Waals surface area contributed by atoms with Crippen LogP contribution in [0.15, 0.2) is 24.7 Å². The molecular formula is C17H21N7S. The number of nitrogens with zero attached hydrogens (tertiary/aromatic N) is 5. The first-order valence-corrected chi connectivity index (χ1v) is 9.25. The van der Waals surface area contributed by atoms with Crippen LogP contribution in [0.25, 0.3) is 10.2 Å². The van der Waals surface area contributed by atoms with Crippen molar-refractivity contribution in [3.05, 3.63) is 24.7 Å². The highest BCUT2D eigenvalue weighted by molar-refractivity contribution is 7.22. The van der Waals surface area contributed by atoms with Gasteiger partial charge in [-0.15, -0.1) is 0 Å². The number of nitrogens with two attached hydrogens (primary N) is 1. The Balaban J connectivity index is 1.66. The van der Waals surface area contributed by atoms with Gasteiger partial charge in [-0.05, 0) is 24.3 Å². The highest BCUT2D eigenvalue weighted by Crippen LogP contribution is 2.36. The number of rotatable bonds is 3. The zero-order valence-electron chi connectivity index (χ0n) is 14.3. The van der Waals surface area contributed by atoms with Crippen LogP contribution in [-0.2, 0) is 0 Å². The van der Waals surface area contributed by atoms with Crippen LogP contribution < -0.4 is 16.0 Å². The Morgan fingerprint density at radius 1 is 1.20 bits per heavy atom. The molecule has 0 saturated carbocycles. The lowest BCUT2D eigenvalue weighted by atomic mass is 9.92. The molecule has 25 heavy (non-hydrogen) atoms. The maximum atomic E-state index is 5.72. The summed E-state index contributed by atoms with van der Waals surface area (Å²) in [6, 6.07) is 3.64. The third-order valence-corrected chi connectivity index (χ3v) is 5.51. The lowest BCUT2D eigenvalue weighted by molar-refractivity contribution is 0.357. The van der Waals surface area contributed by atoms with Crippen LogP contribution in [0, 0.1) is 11.8 Å². The second-order valence-corrected chi connectivity index (χ2v) is 7.79. The summed E-state index contributed by atoms with van der Waals surface area (Å²) in [4.78, 5) is 19.8. The fourth-order valence-corrected chi connectivity index (χ4v) is 4.47. The summed E-state index contributed by atoms with van der Waals surface area (Å²) in [5.41, 5.74) is 6.67. The minimum Gasteiger partial charge on any atom is -0.384 e. The van der Waals surface area contributed by atoms with E-state index in [9.17, 15) is 0 Å². The molecule has 3 aromatic rings. The molecule has 0 aliphatic carbocycles. The molecular weight excluding hydrogens is 334 g/mol. The molecule has 0 spiro atoms. The van der Waals surface area contributed by atoms with E-state index >= 15 is 0 Å². The molecule has 1 saturated heterocycles. The molecule has 8 heteroatoms. The Bertz CT molecular complexity index is 884. The Morgan fingerprint density at radius 2 is 2.00 bits per heavy atom. The molecule has 130 valence electrons. The summed E-state index contributed by atoms with van der Waals surface area (Å²) < 4.78 is 1.03. The lowest BCUT2D eigenvalue weighted by Gasteiger charge is -2.34. The summed E-state index contributed by atoms with van der Waals surface area (Å²) in [6.07, 6.45) is 4.48. The summed E-state index contributed by atoms with van der Waals surface area (Å²) in [7, 11) is 0. The zero-order valence-corrected chi connectivity index (χ0v) is 15.1. The largest absolute Gasteiger partial charge is 0.384 e. The molecule has 1 fully saturated rings. The Morgan fingerprint density at radius 3 is 2.76 bits per heavy atom. The molecule has 0 bridgehead atoms. The van der Waals surface area contributed by atoms with Crippen LogP contribution in [0.4, 0.5) is 22.6 Å². The van der Waals surface area contributed by atoms with Crippen molar-refractivity contribution in [2.24, 2.45) is 11.8 Å². The maximum absolute atomic E-state index is 5.72. The van der Waals surface area contributed by atoms with Gasteiger partial charge < -0.3 is 16.0 Å². The van der Waals surface area contributed by atoms with Crippen LogP contribution in [0.1, 0.15) is 20.3 Å². The van der Waals surface area contributed by atoms with Gasteiger partial charge in [0.25, 0.3) is 0 Å². The second-order valence-electron chi connectivity index (χ2n) is 6.81. The van der Waals surface area contributed by atoms with Gasteiger partial charge in [0.1, 0.15) is 18.0 Å². The summed E-state index contributed by atoms with van der Waals surface area (Å²) in [5.74, 6) is 3.18. The van der Waals surface area contributed by atoms with Crippen molar-refractivity contribution in [3.63, 3.8) is 0 Å². The predicted octanol–water partition coefficient (Wildman–Crippen LogP) is 3.29. The molecule has 2 atom stereocenters. The molecule has 0 radical (unpaired) electrons. The number of hydrogen-bond donors (Lipinski definition) is 2. The standard InChI is InChI=1S/C17H21N7S/c1-10-5-11(2)8-24(7-10)17-22-12-3-4-19-16(15(12)25-17)23-14-6-13(18)20-9-21-14/h3-4,6,9-11H,5,7-8H2,1-2H3,(H3,18,19,20,21,23)/t10-,11-/m0/s1. The number of aromatic nitrogens is 4. The maximum Gasteiger partial charge on any atom is 0.186 e. The molecule has 0 amide bonds. The normalized spacial score (nSPS) is 20.8. The van der Waals surface area contributed by atoms with E-state index in [2.05, 4.69) is 39.0 Å². The summed E-state index contributed by atoms with van der Waals surface area (Å²) >= 11 is 1.67. The first kappa shape index (κ1) is 16.0. The molecule has 7 nitrogen and oxygen atoms in total. The van der Waals surface area contributed by atoms with Crippen molar-refractivity contribution >= 4 is 44.1 Å². The molecule has 4 rings (SSSR count). The Kier molecular flexibility index (Phi) is 4.12. The number of thiazole rings is 1. The number of pyridine rings is 1. The molecule has 4 heterocycles. The first-order valence-electron chi connectivity index (χ1n) is 8.43. The van der Waals surface area contributed by atoms with Crippen LogP contribution in [0.2, 0.25) is 0 Å². The summed E-state index contributed by atoms with van der Waals surface area (Å²) in [6.45, 7) is 6.74. The molecule has 0 aromatic carbocycles. The van der Waals surface area contributed by atoms with Gasteiger partial charge in [0.2, 0.25) is 0 Å².